The van der Waals surface area contributed by atoms with Crippen molar-refractivity contribution in [1.82, 2.24) is 4.90 Å². The van der Waals surface area contributed by atoms with Crippen LogP contribution in [0.3, 0.4) is 0 Å². The van der Waals surface area contributed by atoms with Crippen molar-refractivity contribution in [2.24, 2.45) is 0 Å². The van der Waals surface area contributed by atoms with Gasteiger partial charge in [0.2, 0.25) is 0 Å². The third-order valence-electron chi connectivity index (χ3n) is 3.03. The summed E-state index contributed by atoms with van der Waals surface area (Å²) in [6, 6.07) is 0. The van der Waals surface area contributed by atoms with Gasteiger partial charge >= 0.3 is 0 Å². The highest BCUT2D eigenvalue weighted by Crippen LogP contribution is 2.19. The molecule has 2 unspecified atom stereocenters. The van der Waals surface area contributed by atoms with Gasteiger partial charge in [-0.15, -0.1) is 0 Å². The molecule has 0 spiro atoms. The minimum absolute atomic E-state index is 0.326. The molecule has 15 heavy (non-hydrogen) atoms. The van der Waals surface area contributed by atoms with Crippen LogP contribution in [0.25, 0.3) is 0 Å². The summed E-state index contributed by atoms with van der Waals surface area (Å²) in [6.45, 7) is 4.66. The van der Waals surface area contributed by atoms with Crippen molar-refractivity contribution in [3.8, 4) is 0 Å². The van der Waals surface area contributed by atoms with Gasteiger partial charge in [-0.05, 0) is 52.6 Å². The number of unbranched alkanes of at least 4 members (excludes halogenated alkanes) is 2. The van der Waals surface area contributed by atoms with Crippen LogP contribution in [0.4, 0.5) is 0 Å². The van der Waals surface area contributed by atoms with Gasteiger partial charge in [0.15, 0.2) is 0 Å². The van der Waals surface area contributed by atoms with Crippen LogP contribution in [-0.2, 0) is 4.74 Å². The van der Waals surface area contributed by atoms with Crippen LogP contribution in [0.5, 0.6) is 0 Å². The summed E-state index contributed by atoms with van der Waals surface area (Å²) in [4.78, 5) is 2.35. The fourth-order valence-electron chi connectivity index (χ4n) is 2.13. The summed E-state index contributed by atoms with van der Waals surface area (Å²) in [5, 5.41) is 8.66. The second-order valence-electron chi connectivity index (χ2n) is 4.69. The highest BCUT2D eigenvalue weighted by molar-refractivity contribution is 4.73. The van der Waals surface area contributed by atoms with E-state index in [0.29, 0.717) is 18.8 Å². The van der Waals surface area contributed by atoms with Crippen LogP contribution in [0, 0.1) is 0 Å². The molecule has 0 aromatic rings. The zero-order valence-electron chi connectivity index (χ0n) is 10.1. The minimum atomic E-state index is 0.326. The molecule has 0 aliphatic carbocycles. The lowest BCUT2D eigenvalue weighted by molar-refractivity contribution is 0.0362. The predicted octanol–water partition coefficient (Wildman–Crippen LogP) is 1.65. The average molecular weight is 215 g/mol. The molecular formula is C12H25NO2. The third kappa shape index (κ3) is 5.50. The Hall–Kier alpha value is -0.120. The van der Waals surface area contributed by atoms with Gasteiger partial charge < -0.3 is 14.7 Å². The van der Waals surface area contributed by atoms with Crippen LogP contribution in [0.2, 0.25) is 0 Å². The van der Waals surface area contributed by atoms with Gasteiger partial charge in [0, 0.05) is 13.2 Å². The summed E-state index contributed by atoms with van der Waals surface area (Å²) in [5.74, 6) is 0. The monoisotopic (exact) mass is 215 g/mol. The molecule has 0 saturated carbocycles. The molecule has 1 fully saturated rings. The van der Waals surface area contributed by atoms with Crippen LogP contribution >= 0.6 is 0 Å². The SMILES string of the molecule is CC1CCC(CN(C)CCCCCO)O1. The molecule has 2 atom stereocenters. The van der Waals surface area contributed by atoms with Crippen LogP contribution in [0.15, 0.2) is 0 Å². The molecule has 1 aliphatic heterocycles. The highest BCUT2D eigenvalue weighted by Gasteiger charge is 2.22. The van der Waals surface area contributed by atoms with Crippen molar-refractivity contribution in [3.63, 3.8) is 0 Å². The van der Waals surface area contributed by atoms with E-state index >= 15 is 0 Å². The van der Waals surface area contributed by atoms with E-state index < -0.39 is 0 Å². The second kappa shape index (κ2) is 7.20. The van der Waals surface area contributed by atoms with Crippen molar-refractivity contribution < 1.29 is 9.84 Å². The molecule has 0 radical (unpaired) electrons. The molecule has 90 valence electrons. The molecule has 3 heteroatoms. The number of hydrogen-bond acceptors (Lipinski definition) is 3. The van der Waals surface area contributed by atoms with Crippen LogP contribution < -0.4 is 0 Å². The number of aliphatic hydroxyl groups excluding tert-OH is 1. The van der Waals surface area contributed by atoms with Crippen LogP contribution in [0.1, 0.15) is 39.0 Å². The van der Waals surface area contributed by atoms with Crippen molar-refractivity contribution in [3.05, 3.63) is 0 Å². The first kappa shape index (κ1) is 12.9. The van der Waals surface area contributed by atoms with Gasteiger partial charge in [-0.25, -0.2) is 0 Å². The molecular weight excluding hydrogens is 190 g/mol. The first-order chi connectivity index (χ1) is 7.22. The maximum atomic E-state index is 8.66. The fraction of sp³-hybridized carbons (Fsp3) is 1.00. The van der Waals surface area contributed by atoms with E-state index in [1.165, 1.54) is 19.3 Å². The molecule has 0 amide bonds. The summed E-state index contributed by atoms with van der Waals surface area (Å²) in [6.07, 6.45) is 6.57. The van der Waals surface area contributed by atoms with Gasteiger partial charge in [0.1, 0.15) is 0 Å². The Balaban J connectivity index is 2.00. The van der Waals surface area contributed by atoms with Gasteiger partial charge in [0.25, 0.3) is 0 Å². The smallest absolute Gasteiger partial charge is 0.0706 e. The summed E-state index contributed by atoms with van der Waals surface area (Å²) in [7, 11) is 2.16. The molecule has 1 rings (SSSR count). The topological polar surface area (TPSA) is 32.7 Å². The Labute approximate surface area is 93.4 Å². The quantitative estimate of drug-likeness (QED) is 0.655. The molecule has 1 heterocycles. The molecule has 3 nitrogen and oxygen atoms in total. The van der Waals surface area contributed by atoms with E-state index in [9.17, 15) is 0 Å². The van der Waals surface area contributed by atoms with E-state index in [1.807, 2.05) is 0 Å². The number of rotatable bonds is 7. The van der Waals surface area contributed by atoms with Crippen molar-refractivity contribution in [2.75, 3.05) is 26.7 Å². The lowest BCUT2D eigenvalue weighted by atomic mass is 10.2. The number of nitrogens with zero attached hydrogens (tertiary/aromatic N) is 1. The Morgan fingerprint density at radius 2 is 2.07 bits per heavy atom. The standard InChI is InChI=1S/C12H25NO2/c1-11-6-7-12(15-11)10-13(2)8-4-3-5-9-14/h11-12,14H,3-10H2,1-2H3. The van der Waals surface area contributed by atoms with Gasteiger partial charge in [0.05, 0.1) is 12.2 Å². The zero-order valence-corrected chi connectivity index (χ0v) is 10.1. The van der Waals surface area contributed by atoms with E-state index in [4.69, 9.17) is 9.84 Å². The molecule has 0 aromatic heterocycles. The molecule has 1 saturated heterocycles. The number of likely N-dealkylation sites (N-methyl/N-ethyl adjacent to an activating group) is 1. The summed E-state index contributed by atoms with van der Waals surface area (Å²) >= 11 is 0. The maximum Gasteiger partial charge on any atom is 0.0706 e. The van der Waals surface area contributed by atoms with Crippen molar-refractivity contribution >= 4 is 0 Å². The lowest BCUT2D eigenvalue weighted by Crippen LogP contribution is -2.30. The summed E-state index contributed by atoms with van der Waals surface area (Å²) < 4.78 is 5.78. The first-order valence-corrected chi connectivity index (χ1v) is 6.17. The van der Waals surface area contributed by atoms with Crippen molar-refractivity contribution in [2.45, 2.75) is 51.2 Å². The number of ether oxygens (including phenoxy) is 1. The summed E-state index contributed by atoms with van der Waals surface area (Å²) in [5.41, 5.74) is 0. The fourth-order valence-corrected chi connectivity index (χ4v) is 2.13. The van der Waals surface area contributed by atoms with Gasteiger partial charge in [-0.3, -0.25) is 0 Å². The minimum Gasteiger partial charge on any atom is -0.396 e. The highest BCUT2D eigenvalue weighted by atomic mass is 16.5. The van der Waals surface area contributed by atoms with E-state index in [1.54, 1.807) is 0 Å². The molecule has 0 bridgehead atoms. The van der Waals surface area contributed by atoms with E-state index in [-0.39, 0.29) is 0 Å². The molecule has 0 aromatic carbocycles. The molecule has 1 N–H and O–H groups in total. The van der Waals surface area contributed by atoms with E-state index in [2.05, 4.69) is 18.9 Å². The van der Waals surface area contributed by atoms with Crippen LogP contribution in [-0.4, -0.2) is 49.0 Å². The normalized spacial score (nSPS) is 26.4. The van der Waals surface area contributed by atoms with E-state index in [0.717, 1.165) is 25.9 Å². The largest absolute Gasteiger partial charge is 0.396 e. The lowest BCUT2D eigenvalue weighted by Gasteiger charge is -2.20. The van der Waals surface area contributed by atoms with Crippen molar-refractivity contribution in [1.29, 1.82) is 0 Å². The third-order valence-corrected chi connectivity index (χ3v) is 3.03. The Bertz CT molecular complexity index is 164. The number of aliphatic hydroxyl groups is 1. The Kier molecular flexibility index (Phi) is 6.22. The Morgan fingerprint density at radius 3 is 2.67 bits per heavy atom. The Morgan fingerprint density at radius 1 is 1.27 bits per heavy atom. The zero-order chi connectivity index (χ0) is 11.1. The second-order valence-corrected chi connectivity index (χ2v) is 4.69. The first-order valence-electron chi connectivity index (χ1n) is 6.17. The van der Waals surface area contributed by atoms with Gasteiger partial charge in [-0.1, -0.05) is 0 Å². The number of hydrogen-bond donors (Lipinski definition) is 1. The predicted molar refractivity (Wildman–Crippen MR) is 62.0 cm³/mol. The van der Waals surface area contributed by atoms with Gasteiger partial charge in [-0.2, -0.15) is 0 Å². The maximum absolute atomic E-state index is 8.66. The molecule has 1 aliphatic rings. The average Bonchev–Trinajstić information content (AvgIpc) is 2.59.